The number of hydrogen-bond acceptors (Lipinski definition) is 2. The number of aliphatic imine (C=N–C) groups is 2. The van der Waals surface area contributed by atoms with E-state index in [1.807, 2.05) is 30.3 Å². The van der Waals surface area contributed by atoms with Crippen LogP contribution < -0.4 is 17.2 Å². The van der Waals surface area contributed by atoms with Crippen LogP contribution in [-0.4, -0.2) is 11.9 Å². The zero-order valence-electron chi connectivity index (χ0n) is 12.0. The van der Waals surface area contributed by atoms with E-state index in [1.165, 1.54) is 5.56 Å². The van der Waals surface area contributed by atoms with Crippen LogP contribution in [0.15, 0.2) is 66.3 Å². The summed E-state index contributed by atoms with van der Waals surface area (Å²) in [5.74, 6) is 0.759. The van der Waals surface area contributed by atoms with Gasteiger partial charge in [0.05, 0.1) is 5.69 Å². The van der Waals surface area contributed by atoms with Crippen LogP contribution in [-0.2, 0) is 5.75 Å². The molecular weight excluding hydrogens is 442 g/mol. The fourth-order valence-electron chi connectivity index (χ4n) is 1.79. The molecule has 23 heavy (non-hydrogen) atoms. The second kappa shape index (κ2) is 8.37. The lowest BCUT2D eigenvalue weighted by Crippen LogP contribution is -2.26. The monoisotopic (exact) mass is 455 g/mol. The number of nitrogens with zero attached hydrogens (tertiary/aromatic N) is 2. The standard InChI is InChI=1S/C15H15Br2N5S/c16-10-4-9(5-11(17)6-10)8-23-13-3-1-2-12(7-13)21-15(20)22-14(18)19/h1-7H,8H2,(H6,18,19,20,21,22). The number of rotatable bonds is 4. The van der Waals surface area contributed by atoms with Gasteiger partial charge in [-0.1, -0.05) is 37.9 Å². The molecule has 120 valence electrons. The maximum Gasteiger partial charge on any atom is 0.223 e. The van der Waals surface area contributed by atoms with Crippen LogP contribution in [0.5, 0.6) is 0 Å². The Balaban J connectivity index is 2.09. The Labute approximate surface area is 155 Å². The molecule has 0 aliphatic rings. The van der Waals surface area contributed by atoms with Crippen molar-refractivity contribution < 1.29 is 0 Å². The van der Waals surface area contributed by atoms with Crippen molar-refractivity contribution in [1.82, 2.24) is 0 Å². The lowest BCUT2D eigenvalue weighted by atomic mass is 10.2. The van der Waals surface area contributed by atoms with E-state index in [0.29, 0.717) is 5.69 Å². The van der Waals surface area contributed by atoms with Crippen molar-refractivity contribution in [3.8, 4) is 0 Å². The molecule has 0 atom stereocenters. The highest BCUT2D eigenvalue weighted by Gasteiger charge is 2.01. The molecule has 0 fully saturated rings. The quantitative estimate of drug-likeness (QED) is 0.370. The van der Waals surface area contributed by atoms with Crippen LogP contribution in [0.3, 0.4) is 0 Å². The molecule has 6 N–H and O–H groups in total. The summed E-state index contributed by atoms with van der Waals surface area (Å²) in [7, 11) is 0. The first kappa shape index (κ1) is 17.8. The second-order valence-corrected chi connectivity index (χ2v) is 7.45. The first-order valence-electron chi connectivity index (χ1n) is 6.54. The Morgan fingerprint density at radius 2 is 1.70 bits per heavy atom. The Kier molecular flexibility index (Phi) is 6.49. The molecule has 0 spiro atoms. The van der Waals surface area contributed by atoms with Gasteiger partial charge in [-0.15, -0.1) is 11.8 Å². The number of thioether (sulfide) groups is 1. The number of halogens is 2. The van der Waals surface area contributed by atoms with Gasteiger partial charge in [0.1, 0.15) is 0 Å². The third-order valence-corrected chi connectivity index (χ3v) is 4.61. The smallest absolute Gasteiger partial charge is 0.223 e. The minimum atomic E-state index is -0.114. The van der Waals surface area contributed by atoms with E-state index in [0.717, 1.165) is 19.6 Å². The van der Waals surface area contributed by atoms with E-state index in [1.54, 1.807) is 11.8 Å². The first-order valence-corrected chi connectivity index (χ1v) is 9.11. The zero-order chi connectivity index (χ0) is 16.8. The molecule has 8 heteroatoms. The van der Waals surface area contributed by atoms with Gasteiger partial charge in [-0.2, -0.15) is 4.99 Å². The molecule has 0 aromatic heterocycles. The maximum absolute atomic E-state index is 5.64. The summed E-state index contributed by atoms with van der Waals surface area (Å²) in [5, 5.41) is 0. The lowest BCUT2D eigenvalue weighted by molar-refractivity contribution is 1.33. The summed E-state index contributed by atoms with van der Waals surface area (Å²) < 4.78 is 2.09. The minimum absolute atomic E-state index is 0.0306. The van der Waals surface area contributed by atoms with E-state index in [-0.39, 0.29) is 11.9 Å². The lowest BCUT2D eigenvalue weighted by Gasteiger charge is -2.05. The fraction of sp³-hybridized carbons (Fsp3) is 0.0667. The van der Waals surface area contributed by atoms with E-state index in [4.69, 9.17) is 17.2 Å². The molecule has 0 saturated heterocycles. The second-order valence-electron chi connectivity index (χ2n) is 4.57. The molecule has 0 aliphatic heterocycles. The van der Waals surface area contributed by atoms with Gasteiger partial charge in [0.15, 0.2) is 5.96 Å². The van der Waals surface area contributed by atoms with Crippen LogP contribution in [0, 0.1) is 0 Å². The number of nitrogens with two attached hydrogens (primary N) is 3. The average Bonchev–Trinajstić information content (AvgIpc) is 2.43. The van der Waals surface area contributed by atoms with Crippen molar-refractivity contribution in [1.29, 1.82) is 0 Å². The molecule has 0 aliphatic carbocycles. The highest BCUT2D eigenvalue weighted by atomic mass is 79.9. The SMILES string of the molecule is NC(N)=NC(N)=Nc1cccc(SCc2cc(Br)cc(Br)c2)c1. The van der Waals surface area contributed by atoms with E-state index in [9.17, 15) is 0 Å². The predicted molar refractivity (Wildman–Crippen MR) is 105 cm³/mol. The molecule has 0 radical (unpaired) electrons. The molecule has 0 heterocycles. The van der Waals surface area contributed by atoms with Gasteiger partial charge < -0.3 is 17.2 Å². The third kappa shape index (κ3) is 6.25. The van der Waals surface area contributed by atoms with Crippen molar-refractivity contribution in [2.45, 2.75) is 10.6 Å². The molecule has 0 unspecified atom stereocenters. The van der Waals surface area contributed by atoms with Gasteiger partial charge in [0.2, 0.25) is 5.96 Å². The van der Waals surface area contributed by atoms with E-state index >= 15 is 0 Å². The van der Waals surface area contributed by atoms with Crippen molar-refractivity contribution in [3.63, 3.8) is 0 Å². The summed E-state index contributed by atoms with van der Waals surface area (Å²) >= 11 is 8.70. The average molecular weight is 457 g/mol. The van der Waals surface area contributed by atoms with Crippen molar-refractivity contribution in [2.75, 3.05) is 0 Å². The number of hydrogen-bond donors (Lipinski definition) is 3. The first-order chi connectivity index (χ1) is 10.9. The fourth-order valence-corrected chi connectivity index (χ4v) is 4.06. The number of guanidine groups is 2. The van der Waals surface area contributed by atoms with Gasteiger partial charge >= 0.3 is 0 Å². The Bertz CT molecular complexity index is 737. The van der Waals surface area contributed by atoms with Gasteiger partial charge in [0.25, 0.3) is 0 Å². The topological polar surface area (TPSA) is 103 Å². The van der Waals surface area contributed by atoms with Gasteiger partial charge in [-0.3, -0.25) is 0 Å². The highest BCUT2D eigenvalue weighted by Crippen LogP contribution is 2.29. The van der Waals surface area contributed by atoms with Crippen LogP contribution >= 0.6 is 43.6 Å². The zero-order valence-corrected chi connectivity index (χ0v) is 16.0. The number of benzene rings is 2. The molecule has 2 aromatic carbocycles. The molecular formula is C15H15Br2N5S. The third-order valence-electron chi connectivity index (χ3n) is 2.63. The molecule has 0 saturated carbocycles. The van der Waals surface area contributed by atoms with Crippen molar-refractivity contribution >= 4 is 61.2 Å². The summed E-state index contributed by atoms with van der Waals surface area (Å²) in [6.45, 7) is 0. The van der Waals surface area contributed by atoms with Gasteiger partial charge in [-0.05, 0) is 42.0 Å². The van der Waals surface area contributed by atoms with Crippen LogP contribution in [0.25, 0.3) is 0 Å². The van der Waals surface area contributed by atoms with E-state index < -0.39 is 0 Å². The summed E-state index contributed by atoms with van der Waals surface area (Å²) in [6, 6.07) is 13.9. The van der Waals surface area contributed by atoms with E-state index in [2.05, 4.69) is 54.0 Å². The largest absolute Gasteiger partial charge is 0.370 e. The van der Waals surface area contributed by atoms with Gasteiger partial charge in [-0.25, -0.2) is 4.99 Å². The normalized spacial score (nSPS) is 11.3. The highest BCUT2D eigenvalue weighted by molar-refractivity contribution is 9.11. The Morgan fingerprint density at radius 1 is 1.00 bits per heavy atom. The predicted octanol–water partition coefficient (Wildman–Crippen LogP) is 3.72. The molecule has 0 bridgehead atoms. The Morgan fingerprint density at radius 3 is 2.35 bits per heavy atom. The Hall–Kier alpha value is -1.51. The van der Waals surface area contributed by atoms with Gasteiger partial charge in [0, 0.05) is 19.6 Å². The van der Waals surface area contributed by atoms with Crippen LogP contribution in [0.4, 0.5) is 5.69 Å². The summed E-state index contributed by atoms with van der Waals surface area (Å²) in [5.41, 5.74) is 18.1. The summed E-state index contributed by atoms with van der Waals surface area (Å²) in [4.78, 5) is 8.94. The minimum Gasteiger partial charge on any atom is -0.370 e. The molecule has 0 amide bonds. The van der Waals surface area contributed by atoms with Crippen molar-refractivity contribution in [3.05, 3.63) is 57.0 Å². The van der Waals surface area contributed by atoms with Crippen LogP contribution in [0.2, 0.25) is 0 Å². The van der Waals surface area contributed by atoms with Crippen molar-refractivity contribution in [2.24, 2.45) is 27.2 Å². The summed E-state index contributed by atoms with van der Waals surface area (Å²) in [6.07, 6.45) is 0. The molecule has 2 aromatic rings. The molecule has 2 rings (SSSR count). The molecule has 5 nitrogen and oxygen atoms in total. The maximum atomic E-state index is 5.64. The van der Waals surface area contributed by atoms with Crippen LogP contribution in [0.1, 0.15) is 5.56 Å².